The summed E-state index contributed by atoms with van der Waals surface area (Å²) in [5, 5.41) is 10.9. The molecule has 120 valence electrons. The summed E-state index contributed by atoms with van der Waals surface area (Å²) >= 11 is 3.13. The van der Waals surface area contributed by atoms with Crippen molar-refractivity contribution in [2.24, 2.45) is 5.73 Å². The first-order valence-electron chi connectivity index (χ1n) is 5.85. The summed E-state index contributed by atoms with van der Waals surface area (Å²) in [6.07, 6.45) is 0.481. The molecule has 1 rings (SSSR count). The SMILES string of the molecule is Cc1c(Br)cc(S(=O)(=O)NCCC(C)N)cc1[N+](=O)[O-].Cl. The lowest BCUT2D eigenvalue weighted by Gasteiger charge is -2.10. The van der Waals surface area contributed by atoms with Crippen LogP contribution in [0.2, 0.25) is 0 Å². The summed E-state index contributed by atoms with van der Waals surface area (Å²) in [5.41, 5.74) is 5.67. The minimum Gasteiger partial charge on any atom is -0.328 e. The summed E-state index contributed by atoms with van der Waals surface area (Å²) in [4.78, 5) is 10.2. The van der Waals surface area contributed by atoms with Crippen molar-refractivity contribution < 1.29 is 13.3 Å². The molecule has 0 aliphatic heterocycles. The molecule has 0 aliphatic carbocycles. The maximum atomic E-state index is 12.1. The molecular weight excluding hydrogens is 386 g/mol. The van der Waals surface area contributed by atoms with E-state index in [2.05, 4.69) is 20.7 Å². The maximum absolute atomic E-state index is 12.1. The van der Waals surface area contributed by atoms with Crippen molar-refractivity contribution in [2.45, 2.75) is 31.2 Å². The van der Waals surface area contributed by atoms with E-state index in [1.54, 1.807) is 13.8 Å². The van der Waals surface area contributed by atoms with Gasteiger partial charge in [0, 0.05) is 28.7 Å². The molecule has 10 heteroatoms. The molecule has 0 heterocycles. The van der Waals surface area contributed by atoms with E-state index in [4.69, 9.17) is 5.73 Å². The molecule has 7 nitrogen and oxygen atoms in total. The average molecular weight is 403 g/mol. The summed E-state index contributed by atoms with van der Waals surface area (Å²) in [7, 11) is -3.79. The topological polar surface area (TPSA) is 115 Å². The van der Waals surface area contributed by atoms with E-state index >= 15 is 0 Å². The quantitative estimate of drug-likeness (QED) is 0.558. The van der Waals surface area contributed by atoms with Crippen LogP contribution >= 0.6 is 28.3 Å². The number of nitrogens with two attached hydrogens (primary N) is 1. The Bertz CT molecular complexity index is 622. The molecule has 0 amide bonds. The largest absolute Gasteiger partial charge is 0.328 e. The molecular formula is C11H17BrClN3O4S. The molecule has 1 aromatic rings. The van der Waals surface area contributed by atoms with Gasteiger partial charge in [0.25, 0.3) is 5.69 Å². The Morgan fingerprint density at radius 1 is 1.48 bits per heavy atom. The Morgan fingerprint density at radius 2 is 2.05 bits per heavy atom. The molecule has 0 saturated heterocycles. The molecule has 0 spiro atoms. The zero-order chi connectivity index (χ0) is 15.5. The molecule has 0 radical (unpaired) electrons. The number of benzene rings is 1. The summed E-state index contributed by atoms with van der Waals surface area (Å²) in [6.45, 7) is 3.49. The Hall–Kier alpha value is -0.740. The van der Waals surface area contributed by atoms with Crippen LogP contribution in [0.15, 0.2) is 21.5 Å². The van der Waals surface area contributed by atoms with Crippen LogP contribution in [-0.4, -0.2) is 25.9 Å². The minimum absolute atomic E-state index is 0. The van der Waals surface area contributed by atoms with Gasteiger partial charge in [-0.2, -0.15) is 0 Å². The first-order valence-corrected chi connectivity index (χ1v) is 8.12. The van der Waals surface area contributed by atoms with Crippen LogP contribution in [0.4, 0.5) is 5.69 Å². The average Bonchev–Trinajstić information content (AvgIpc) is 2.31. The monoisotopic (exact) mass is 401 g/mol. The normalized spacial score (nSPS) is 12.6. The third kappa shape index (κ3) is 5.51. The Balaban J connectivity index is 0.00000400. The van der Waals surface area contributed by atoms with Crippen molar-refractivity contribution >= 4 is 44.0 Å². The second-order valence-electron chi connectivity index (χ2n) is 4.47. The van der Waals surface area contributed by atoms with E-state index in [9.17, 15) is 18.5 Å². The fraction of sp³-hybridized carbons (Fsp3) is 0.455. The van der Waals surface area contributed by atoms with Gasteiger partial charge >= 0.3 is 0 Å². The first kappa shape index (κ1) is 20.3. The van der Waals surface area contributed by atoms with Gasteiger partial charge in [-0.05, 0) is 26.3 Å². The molecule has 0 aliphatic rings. The van der Waals surface area contributed by atoms with Crippen LogP contribution in [0, 0.1) is 17.0 Å². The highest BCUT2D eigenvalue weighted by molar-refractivity contribution is 9.10. The van der Waals surface area contributed by atoms with Gasteiger partial charge in [0.1, 0.15) is 0 Å². The number of nitro benzene ring substituents is 1. The highest BCUT2D eigenvalue weighted by Crippen LogP contribution is 2.29. The lowest BCUT2D eigenvalue weighted by atomic mass is 10.2. The van der Waals surface area contributed by atoms with E-state index in [1.807, 2.05) is 0 Å². The summed E-state index contributed by atoms with van der Waals surface area (Å²) < 4.78 is 26.9. The zero-order valence-electron chi connectivity index (χ0n) is 11.5. The fourth-order valence-electron chi connectivity index (χ4n) is 1.49. The molecule has 0 saturated carbocycles. The van der Waals surface area contributed by atoms with Crippen molar-refractivity contribution in [2.75, 3.05) is 6.54 Å². The molecule has 0 aromatic heterocycles. The summed E-state index contributed by atoms with van der Waals surface area (Å²) in [5.74, 6) is 0. The molecule has 0 fully saturated rings. The number of halogens is 2. The van der Waals surface area contributed by atoms with Crippen LogP contribution in [0.25, 0.3) is 0 Å². The van der Waals surface area contributed by atoms with Gasteiger partial charge in [-0.15, -0.1) is 12.4 Å². The van der Waals surface area contributed by atoms with Crippen molar-refractivity contribution in [3.05, 3.63) is 32.3 Å². The molecule has 1 aromatic carbocycles. The Morgan fingerprint density at radius 3 is 2.52 bits per heavy atom. The van der Waals surface area contributed by atoms with Crippen LogP contribution in [0.1, 0.15) is 18.9 Å². The number of hydrogen-bond donors (Lipinski definition) is 2. The second kappa shape index (κ2) is 8.04. The van der Waals surface area contributed by atoms with Gasteiger partial charge in [0.2, 0.25) is 10.0 Å². The van der Waals surface area contributed by atoms with Crippen LogP contribution < -0.4 is 10.5 Å². The molecule has 0 bridgehead atoms. The molecule has 21 heavy (non-hydrogen) atoms. The van der Waals surface area contributed by atoms with Gasteiger partial charge in [0.05, 0.1) is 9.82 Å². The lowest BCUT2D eigenvalue weighted by molar-refractivity contribution is -0.385. The maximum Gasteiger partial charge on any atom is 0.274 e. The van der Waals surface area contributed by atoms with Crippen molar-refractivity contribution in [3.8, 4) is 0 Å². The molecule has 1 unspecified atom stereocenters. The second-order valence-corrected chi connectivity index (χ2v) is 7.09. The molecule has 3 N–H and O–H groups in total. The van der Waals surface area contributed by atoms with Gasteiger partial charge in [0.15, 0.2) is 0 Å². The smallest absolute Gasteiger partial charge is 0.274 e. The third-order valence-electron chi connectivity index (χ3n) is 2.69. The van der Waals surface area contributed by atoms with Gasteiger partial charge in [-0.25, -0.2) is 13.1 Å². The van der Waals surface area contributed by atoms with E-state index in [0.29, 0.717) is 16.5 Å². The van der Waals surface area contributed by atoms with E-state index in [0.717, 1.165) is 6.07 Å². The van der Waals surface area contributed by atoms with Gasteiger partial charge in [-0.3, -0.25) is 10.1 Å². The van der Waals surface area contributed by atoms with Crippen LogP contribution in [0.5, 0.6) is 0 Å². The highest BCUT2D eigenvalue weighted by atomic mass is 79.9. The van der Waals surface area contributed by atoms with Gasteiger partial charge in [-0.1, -0.05) is 15.9 Å². The van der Waals surface area contributed by atoms with Gasteiger partial charge < -0.3 is 5.73 Å². The van der Waals surface area contributed by atoms with Crippen LogP contribution in [0.3, 0.4) is 0 Å². The number of rotatable bonds is 6. The lowest BCUT2D eigenvalue weighted by Crippen LogP contribution is -2.29. The minimum atomic E-state index is -3.79. The first-order chi connectivity index (χ1) is 9.15. The fourth-order valence-corrected chi connectivity index (χ4v) is 3.18. The molecule has 1 atom stereocenters. The highest BCUT2D eigenvalue weighted by Gasteiger charge is 2.22. The third-order valence-corrected chi connectivity index (χ3v) is 4.95. The predicted octanol–water partition coefficient (Wildman–Crippen LogP) is 2.10. The Kier molecular flexibility index (Phi) is 7.76. The predicted molar refractivity (Wildman–Crippen MR) is 86.2 cm³/mol. The van der Waals surface area contributed by atoms with E-state index in [1.165, 1.54) is 6.07 Å². The Labute approximate surface area is 138 Å². The number of nitrogens with one attached hydrogen (secondary N) is 1. The van der Waals surface area contributed by atoms with E-state index in [-0.39, 0.29) is 35.6 Å². The number of nitrogens with zero attached hydrogens (tertiary/aromatic N) is 1. The number of sulfonamides is 1. The van der Waals surface area contributed by atoms with E-state index < -0.39 is 14.9 Å². The zero-order valence-corrected chi connectivity index (χ0v) is 14.7. The standard InChI is InChI=1S/C11H16BrN3O4S.ClH/c1-7(13)3-4-14-20(18,19)9-5-10(12)8(2)11(6-9)15(16)17;/h5-7,14H,3-4,13H2,1-2H3;1H. The van der Waals surface area contributed by atoms with Crippen LogP contribution in [-0.2, 0) is 10.0 Å². The summed E-state index contributed by atoms with van der Waals surface area (Å²) in [6, 6.07) is 2.27. The van der Waals surface area contributed by atoms with Crippen molar-refractivity contribution in [1.29, 1.82) is 0 Å². The van der Waals surface area contributed by atoms with Crippen molar-refractivity contribution in [1.82, 2.24) is 4.72 Å². The number of nitro groups is 1. The number of hydrogen-bond acceptors (Lipinski definition) is 5. The van der Waals surface area contributed by atoms with Crippen molar-refractivity contribution in [3.63, 3.8) is 0 Å².